The molecule has 4 heteroatoms. The second kappa shape index (κ2) is 36.6. The number of carbonyl (C=O) groups is 1. The molecule has 1 amide bonds. The molecule has 4 nitrogen and oxygen atoms in total. The molecular formula is C41H73NO3. The van der Waals surface area contributed by atoms with Gasteiger partial charge in [0.25, 0.3) is 0 Å². The van der Waals surface area contributed by atoms with Crippen molar-refractivity contribution in [3.63, 3.8) is 0 Å². The Morgan fingerprint density at radius 2 is 0.978 bits per heavy atom. The van der Waals surface area contributed by atoms with Gasteiger partial charge in [0.15, 0.2) is 0 Å². The van der Waals surface area contributed by atoms with Crippen LogP contribution >= 0.6 is 0 Å². The first-order chi connectivity index (χ1) is 22.2. The van der Waals surface area contributed by atoms with Crippen LogP contribution in [-0.2, 0) is 4.79 Å². The highest BCUT2D eigenvalue weighted by atomic mass is 16.3. The monoisotopic (exact) mass is 628 g/mol. The summed E-state index contributed by atoms with van der Waals surface area (Å²) < 4.78 is 0. The summed E-state index contributed by atoms with van der Waals surface area (Å²) in [6, 6.07) is -0.619. The van der Waals surface area contributed by atoms with Gasteiger partial charge in [0.05, 0.1) is 18.8 Å². The Morgan fingerprint density at radius 3 is 1.47 bits per heavy atom. The van der Waals surface area contributed by atoms with Crippen LogP contribution in [0.15, 0.2) is 60.8 Å². The molecule has 0 aliphatic rings. The second-order valence-corrected chi connectivity index (χ2v) is 12.6. The number of unbranched alkanes of at least 4 members (excludes halogenated alkanes) is 18. The Balaban J connectivity index is 3.48. The molecule has 0 heterocycles. The molecule has 0 aromatic rings. The van der Waals surface area contributed by atoms with Gasteiger partial charge < -0.3 is 15.5 Å². The molecule has 0 rings (SSSR count). The molecule has 0 aliphatic carbocycles. The molecule has 0 saturated carbocycles. The van der Waals surface area contributed by atoms with E-state index in [4.69, 9.17) is 0 Å². The number of hydrogen-bond acceptors (Lipinski definition) is 3. The van der Waals surface area contributed by atoms with Crippen molar-refractivity contribution in [3.8, 4) is 0 Å². The van der Waals surface area contributed by atoms with Gasteiger partial charge in [0.2, 0.25) is 5.91 Å². The van der Waals surface area contributed by atoms with Crippen LogP contribution in [0, 0.1) is 0 Å². The van der Waals surface area contributed by atoms with Crippen molar-refractivity contribution in [1.82, 2.24) is 5.32 Å². The zero-order valence-electron chi connectivity index (χ0n) is 29.6. The molecule has 3 N–H and O–H groups in total. The third kappa shape index (κ3) is 33.3. The summed E-state index contributed by atoms with van der Waals surface area (Å²) in [5.41, 5.74) is 0. The highest BCUT2D eigenvalue weighted by molar-refractivity contribution is 5.76. The number of hydrogen-bond donors (Lipinski definition) is 3. The van der Waals surface area contributed by atoms with Crippen LogP contribution in [0.5, 0.6) is 0 Å². The molecule has 0 fully saturated rings. The largest absolute Gasteiger partial charge is 0.394 e. The lowest BCUT2D eigenvalue weighted by Crippen LogP contribution is -2.45. The Bertz CT molecular complexity index is 767. The Morgan fingerprint density at radius 1 is 0.556 bits per heavy atom. The first-order valence-corrected chi connectivity index (χ1v) is 19.0. The zero-order chi connectivity index (χ0) is 32.9. The first-order valence-electron chi connectivity index (χ1n) is 19.0. The maximum atomic E-state index is 12.2. The van der Waals surface area contributed by atoms with Crippen molar-refractivity contribution in [2.75, 3.05) is 6.61 Å². The first kappa shape index (κ1) is 43.1. The molecule has 0 aromatic carbocycles. The summed E-state index contributed by atoms with van der Waals surface area (Å²) in [6.07, 6.45) is 50.5. The summed E-state index contributed by atoms with van der Waals surface area (Å²) >= 11 is 0. The zero-order valence-corrected chi connectivity index (χ0v) is 29.6. The molecule has 0 radical (unpaired) electrons. The third-order valence-electron chi connectivity index (χ3n) is 8.26. The van der Waals surface area contributed by atoms with Crippen LogP contribution in [0.2, 0.25) is 0 Å². The highest BCUT2D eigenvalue weighted by Crippen LogP contribution is 2.14. The van der Waals surface area contributed by atoms with E-state index < -0.39 is 12.1 Å². The number of allylic oxidation sites excluding steroid dienone is 9. The predicted molar refractivity (Wildman–Crippen MR) is 197 cm³/mol. The fourth-order valence-corrected chi connectivity index (χ4v) is 5.34. The minimum Gasteiger partial charge on any atom is -0.394 e. The van der Waals surface area contributed by atoms with Gasteiger partial charge in [-0.05, 0) is 57.8 Å². The Kier molecular flexibility index (Phi) is 35.0. The van der Waals surface area contributed by atoms with E-state index >= 15 is 0 Å². The van der Waals surface area contributed by atoms with Crippen LogP contribution < -0.4 is 5.32 Å². The Labute approximate surface area is 279 Å². The molecule has 0 aromatic heterocycles. The molecular weight excluding hydrogens is 554 g/mol. The number of nitrogens with one attached hydrogen (secondary N) is 1. The summed E-state index contributed by atoms with van der Waals surface area (Å²) in [5, 5.41) is 22.6. The van der Waals surface area contributed by atoms with Gasteiger partial charge in [-0.2, -0.15) is 0 Å². The highest BCUT2D eigenvalue weighted by Gasteiger charge is 2.17. The molecule has 260 valence electrons. The normalized spacial score (nSPS) is 13.8. The van der Waals surface area contributed by atoms with Gasteiger partial charge in [-0.1, -0.05) is 171 Å². The number of aliphatic hydroxyl groups is 2. The molecule has 0 aliphatic heterocycles. The van der Waals surface area contributed by atoms with Crippen molar-refractivity contribution >= 4 is 5.91 Å². The van der Waals surface area contributed by atoms with Crippen molar-refractivity contribution in [1.29, 1.82) is 0 Å². The summed E-state index contributed by atoms with van der Waals surface area (Å²) in [4.78, 5) is 12.2. The van der Waals surface area contributed by atoms with Crippen molar-refractivity contribution in [2.45, 2.75) is 187 Å². The lowest BCUT2D eigenvalue weighted by atomic mass is 10.0. The summed E-state index contributed by atoms with van der Waals surface area (Å²) in [5.74, 6) is -0.0738. The fourth-order valence-electron chi connectivity index (χ4n) is 5.34. The standard InChI is InChI=1S/C41H73NO3/c1-3-5-7-9-11-12-13-14-15-16-17-18-19-20-21-22-23-24-25-26-27-28-29-30-31-33-35-37-41(45)42-39(38-43)40(44)36-34-32-10-8-6-4-2/h5,7,11-12,14-15,17-18,34,36,39-40,43-44H,3-4,6,8-10,13,16,19-33,35,37-38H2,1-2H3,(H,42,45)/b7-5-,12-11-,15-14-,18-17-,36-34+. The van der Waals surface area contributed by atoms with Crippen molar-refractivity contribution in [3.05, 3.63) is 60.8 Å². The maximum Gasteiger partial charge on any atom is 0.220 e. The smallest absolute Gasteiger partial charge is 0.220 e. The van der Waals surface area contributed by atoms with Gasteiger partial charge in [-0.15, -0.1) is 0 Å². The number of aliphatic hydroxyl groups excluding tert-OH is 2. The summed E-state index contributed by atoms with van der Waals surface area (Å²) in [7, 11) is 0. The van der Waals surface area contributed by atoms with Gasteiger partial charge in [0.1, 0.15) is 0 Å². The van der Waals surface area contributed by atoms with Crippen molar-refractivity contribution in [2.24, 2.45) is 0 Å². The average Bonchev–Trinajstić information content (AvgIpc) is 3.04. The van der Waals surface area contributed by atoms with Crippen LogP contribution in [-0.4, -0.2) is 34.9 Å². The molecule has 0 spiro atoms. The maximum absolute atomic E-state index is 12.2. The number of carbonyl (C=O) groups excluding carboxylic acids is 1. The van der Waals surface area contributed by atoms with Gasteiger partial charge in [-0.25, -0.2) is 0 Å². The second-order valence-electron chi connectivity index (χ2n) is 12.6. The molecule has 0 bridgehead atoms. The average molecular weight is 628 g/mol. The third-order valence-corrected chi connectivity index (χ3v) is 8.26. The lowest BCUT2D eigenvalue weighted by molar-refractivity contribution is -0.123. The molecule has 0 saturated heterocycles. The number of rotatable bonds is 33. The van der Waals surface area contributed by atoms with E-state index in [1.54, 1.807) is 6.08 Å². The van der Waals surface area contributed by atoms with Gasteiger partial charge in [-0.3, -0.25) is 4.79 Å². The molecule has 45 heavy (non-hydrogen) atoms. The van der Waals surface area contributed by atoms with Crippen molar-refractivity contribution < 1.29 is 15.0 Å². The SMILES string of the molecule is CC/C=C\C/C=C\C/C=C\C/C=C\CCCCCCCCCCCCCCCCC(=O)NC(CO)C(O)/C=C/CCCCCC. The van der Waals surface area contributed by atoms with Crippen LogP contribution in [0.25, 0.3) is 0 Å². The van der Waals surface area contributed by atoms with Crippen LogP contribution in [0.4, 0.5) is 0 Å². The van der Waals surface area contributed by atoms with E-state index in [0.717, 1.165) is 51.4 Å². The van der Waals surface area contributed by atoms with E-state index in [-0.39, 0.29) is 12.5 Å². The van der Waals surface area contributed by atoms with Crippen LogP contribution in [0.1, 0.15) is 174 Å². The molecule has 2 atom stereocenters. The van der Waals surface area contributed by atoms with Gasteiger partial charge >= 0.3 is 0 Å². The van der Waals surface area contributed by atoms with E-state index in [1.807, 2.05) is 6.08 Å². The predicted octanol–water partition coefficient (Wildman–Crippen LogP) is 11.4. The number of amides is 1. The fraction of sp³-hybridized carbons (Fsp3) is 0.732. The summed E-state index contributed by atoms with van der Waals surface area (Å²) in [6.45, 7) is 4.11. The minimum atomic E-state index is -0.836. The lowest BCUT2D eigenvalue weighted by Gasteiger charge is -2.20. The quantitative estimate of drug-likeness (QED) is 0.0501. The topological polar surface area (TPSA) is 69.6 Å². The van der Waals surface area contributed by atoms with Gasteiger partial charge in [0, 0.05) is 6.42 Å². The van der Waals surface area contributed by atoms with Crippen LogP contribution in [0.3, 0.4) is 0 Å². The molecule has 2 unspecified atom stereocenters. The van der Waals surface area contributed by atoms with E-state index in [1.165, 1.54) is 103 Å². The minimum absolute atomic E-state index is 0.0738. The van der Waals surface area contributed by atoms with E-state index in [9.17, 15) is 15.0 Å². The van der Waals surface area contributed by atoms with E-state index in [2.05, 4.69) is 67.8 Å². The van der Waals surface area contributed by atoms with E-state index in [0.29, 0.717) is 6.42 Å². The Hall–Kier alpha value is -1.91.